The molecule has 0 spiro atoms. The number of nitrogens with zero attached hydrogens (tertiary/aromatic N) is 2. The van der Waals surface area contributed by atoms with Gasteiger partial charge in [-0.05, 0) is 12.8 Å². The molecule has 124 valence electrons. The summed E-state index contributed by atoms with van der Waals surface area (Å²) in [6, 6.07) is 0. The molecule has 0 aliphatic heterocycles. The van der Waals surface area contributed by atoms with Gasteiger partial charge in [-0.1, -0.05) is 45.4 Å². The van der Waals surface area contributed by atoms with Gasteiger partial charge in [0.05, 0.1) is 32.1 Å². The first-order valence-corrected chi connectivity index (χ1v) is 8.74. The van der Waals surface area contributed by atoms with E-state index in [9.17, 15) is 0 Å². The van der Waals surface area contributed by atoms with Crippen LogP contribution in [0.1, 0.15) is 58.3 Å². The Kier molecular flexibility index (Phi) is 13.7. The molecule has 1 aromatic heterocycles. The van der Waals surface area contributed by atoms with E-state index >= 15 is 0 Å². The van der Waals surface area contributed by atoms with Crippen molar-refractivity contribution < 1.29 is 17.5 Å². The quantitative estimate of drug-likeness (QED) is 0.379. The standard InChI is InChI=1S/C14H27N2.CH4O3S/c1-3-4-5-6-7-8-9-10-11-16-13-12-15(2)14-16;1-4-5(2)3/h12-14H,3-11H2,1-2H3;1H3,(H,2,3)/q+1;/p-1. The van der Waals surface area contributed by atoms with Gasteiger partial charge in [0.25, 0.3) is 0 Å². The molecule has 0 aromatic carbocycles. The lowest BCUT2D eigenvalue weighted by Gasteiger charge is -2.00. The maximum absolute atomic E-state index is 9.15. The molecule has 1 unspecified atom stereocenters. The molecule has 1 heterocycles. The third-order valence-corrected chi connectivity index (χ3v) is 3.50. The van der Waals surface area contributed by atoms with Crippen LogP contribution in [0.3, 0.4) is 0 Å². The molecule has 1 rings (SSSR count). The highest BCUT2D eigenvalue weighted by molar-refractivity contribution is 7.74. The summed E-state index contributed by atoms with van der Waals surface area (Å²) < 4.78 is 26.3. The maximum atomic E-state index is 9.15. The smallest absolute Gasteiger partial charge is 0.243 e. The lowest BCUT2D eigenvalue weighted by atomic mass is 10.1. The van der Waals surface area contributed by atoms with E-state index in [1.54, 1.807) is 0 Å². The molecule has 0 aliphatic rings. The fourth-order valence-corrected chi connectivity index (χ4v) is 2.06. The van der Waals surface area contributed by atoms with E-state index in [1.807, 2.05) is 0 Å². The van der Waals surface area contributed by atoms with Crippen molar-refractivity contribution in [3.05, 3.63) is 18.7 Å². The van der Waals surface area contributed by atoms with Gasteiger partial charge in [0.15, 0.2) is 0 Å². The average Bonchev–Trinajstić information content (AvgIpc) is 2.88. The zero-order valence-corrected chi connectivity index (χ0v) is 14.4. The highest BCUT2D eigenvalue weighted by Crippen LogP contribution is 2.08. The van der Waals surface area contributed by atoms with Crippen molar-refractivity contribution in [1.29, 1.82) is 0 Å². The van der Waals surface area contributed by atoms with E-state index in [1.165, 1.54) is 57.9 Å². The molecule has 0 amide bonds. The van der Waals surface area contributed by atoms with Gasteiger partial charge in [-0.3, -0.25) is 0 Å². The van der Waals surface area contributed by atoms with Crippen molar-refractivity contribution in [3.8, 4) is 0 Å². The first kappa shape index (κ1) is 20.3. The summed E-state index contributed by atoms with van der Waals surface area (Å²) in [6.07, 6.45) is 17.6. The number of rotatable bonds is 10. The Morgan fingerprint density at radius 2 is 1.67 bits per heavy atom. The molecule has 5 nitrogen and oxygen atoms in total. The first-order valence-electron chi connectivity index (χ1n) is 7.74. The third-order valence-electron chi connectivity index (χ3n) is 3.23. The van der Waals surface area contributed by atoms with Gasteiger partial charge in [0, 0.05) is 0 Å². The first-order chi connectivity index (χ1) is 10.1. The van der Waals surface area contributed by atoms with E-state index < -0.39 is 11.4 Å². The summed E-state index contributed by atoms with van der Waals surface area (Å²) in [6.45, 7) is 3.45. The number of hydrogen-bond donors (Lipinski definition) is 0. The van der Waals surface area contributed by atoms with Gasteiger partial charge in [0.2, 0.25) is 6.33 Å². The molecule has 0 radical (unpaired) electrons. The molecular weight excluding hydrogens is 288 g/mol. The molecule has 0 N–H and O–H groups in total. The average molecular weight is 318 g/mol. The summed E-state index contributed by atoms with van der Waals surface area (Å²) in [5.74, 6) is 0. The molecule has 21 heavy (non-hydrogen) atoms. The Morgan fingerprint density at radius 1 is 1.14 bits per heavy atom. The molecule has 0 bridgehead atoms. The summed E-state index contributed by atoms with van der Waals surface area (Å²) in [7, 11) is 3.16. The minimum Gasteiger partial charge on any atom is -0.750 e. The lowest BCUT2D eigenvalue weighted by molar-refractivity contribution is -0.671. The van der Waals surface area contributed by atoms with Gasteiger partial charge in [-0.2, -0.15) is 0 Å². The minimum atomic E-state index is -2.32. The van der Waals surface area contributed by atoms with Crippen LogP contribution in [0.2, 0.25) is 0 Å². The summed E-state index contributed by atoms with van der Waals surface area (Å²) in [4.78, 5) is 0. The monoisotopic (exact) mass is 318 g/mol. The van der Waals surface area contributed by atoms with Crippen LogP contribution in [-0.4, -0.2) is 20.4 Å². The number of unbranched alkanes of at least 4 members (excludes halogenated alkanes) is 7. The molecule has 0 fully saturated rings. The lowest BCUT2D eigenvalue weighted by Crippen LogP contribution is -2.23. The largest absolute Gasteiger partial charge is 0.750 e. The highest BCUT2D eigenvalue weighted by Gasteiger charge is 1.98. The topological polar surface area (TPSA) is 58.2 Å². The van der Waals surface area contributed by atoms with Crippen LogP contribution >= 0.6 is 0 Å². The van der Waals surface area contributed by atoms with E-state index in [-0.39, 0.29) is 0 Å². The predicted octanol–water partition coefficient (Wildman–Crippen LogP) is 2.88. The van der Waals surface area contributed by atoms with Crippen LogP contribution in [0.15, 0.2) is 18.7 Å². The predicted molar refractivity (Wildman–Crippen MR) is 84.1 cm³/mol. The van der Waals surface area contributed by atoms with Crippen LogP contribution in [0.5, 0.6) is 0 Å². The minimum absolute atomic E-state index is 1.09. The molecule has 0 saturated heterocycles. The van der Waals surface area contributed by atoms with Crippen LogP contribution < -0.4 is 4.57 Å². The Balaban J connectivity index is 0.000000690. The van der Waals surface area contributed by atoms with Gasteiger partial charge in [-0.15, -0.1) is 0 Å². The second-order valence-electron chi connectivity index (χ2n) is 5.16. The normalized spacial score (nSPS) is 11.8. The molecule has 0 aliphatic carbocycles. The molecule has 6 heteroatoms. The zero-order chi connectivity index (χ0) is 15.9. The van der Waals surface area contributed by atoms with Crippen molar-refractivity contribution in [2.24, 2.45) is 7.05 Å². The maximum Gasteiger partial charge on any atom is 0.243 e. The van der Waals surface area contributed by atoms with E-state index in [0.717, 1.165) is 7.11 Å². The van der Waals surface area contributed by atoms with Crippen molar-refractivity contribution in [1.82, 2.24) is 4.57 Å². The summed E-state index contributed by atoms with van der Waals surface area (Å²) in [5, 5.41) is 0. The van der Waals surface area contributed by atoms with Gasteiger partial charge in [0.1, 0.15) is 12.4 Å². The summed E-state index contributed by atoms with van der Waals surface area (Å²) >= 11 is -2.32. The number of aromatic nitrogens is 2. The zero-order valence-electron chi connectivity index (χ0n) is 13.6. The summed E-state index contributed by atoms with van der Waals surface area (Å²) in [5.41, 5.74) is 0. The molecule has 1 aromatic rings. The van der Waals surface area contributed by atoms with E-state index in [0.29, 0.717) is 0 Å². The Labute approximate surface area is 131 Å². The van der Waals surface area contributed by atoms with Gasteiger partial charge in [-0.25, -0.2) is 13.3 Å². The SMILES string of the molecule is CCCCCCCCCCn1cc[n+](C)c1.COS(=O)[O-]. The Bertz CT molecular complexity index is 370. The fraction of sp³-hybridized carbons (Fsp3) is 0.800. The number of imidazole rings is 1. The van der Waals surface area contributed by atoms with Crippen LogP contribution in [-0.2, 0) is 29.1 Å². The van der Waals surface area contributed by atoms with Crippen LogP contribution in [0.4, 0.5) is 0 Å². The second kappa shape index (κ2) is 14.2. The van der Waals surface area contributed by atoms with E-state index in [4.69, 9.17) is 8.76 Å². The Morgan fingerprint density at radius 3 is 2.10 bits per heavy atom. The van der Waals surface area contributed by atoms with Crippen molar-refractivity contribution in [3.63, 3.8) is 0 Å². The van der Waals surface area contributed by atoms with Crippen LogP contribution in [0.25, 0.3) is 0 Å². The highest BCUT2D eigenvalue weighted by atomic mass is 32.2. The number of hydrogen-bond acceptors (Lipinski definition) is 3. The third kappa shape index (κ3) is 14.0. The van der Waals surface area contributed by atoms with Crippen molar-refractivity contribution in [2.45, 2.75) is 64.8 Å². The number of aryl methyl sites for hydroxylation is 2. The Hall–Kier alpha value is -0.720. The van der Waals surface area contributed by atoms with Crippen molar-refractivity contribution in [2.75, 3.05) is 7.11 Å². The van der Waals surface area contributed by atoms with Crippen molar-refractivity contribution >= 4 is 11.4 Å². The van der Waals surface area contributed by atoms with E-state index in [2.05, 4.69) is 46.0 Å². The molecular formula is C15H30N2O3S. The second-order valence-corrected chi connectivity index (χ2v) is 5.90. The molecule has 0 saturated carbocycles. The van der Waals surface area contributed by atoms with Gasteiger partial charge < -0.3 is 8.74 Å². The fourth-order valence-electron chi connectivity index (χ4n) is 2.06. The van der Waals surface area contributed by atoms with Gasteiger partial charge >= 0.3 is 0 Å². The van der Waals surface area contributed by atoms with Crippen LogP contribution in [0, 0.1) is 0 Å². The molecule has 1 atom stereocenters.